The highest BCUT2D eigenvalue weighted by molar-refractivity contribution is 5.89. The van der Waals surface area contributed by atoms with E-state index in [2.05, 4.69) is 4.74 Å². The summed E-state index contributed by atoms with van der Waals surface area (Å²) in [5, 5.41) is 0. The van der Waals surface area contributed by atoms with Gasteiger partial charge in [-0.2, -0.15) is 0 Å². The normalized spacial score (nSPS) is 9.90. The van der Waals surface area contributed by atoms with Crippen LogP contribution in [-0.2, 0) is 11.3 Å². The molecule has 0 aliphatic carbocycles. The molecule has 20 heavy (non-hydrogen) atoms. The summed E-state index contributed by atoms with van der Waals surface area (Å²) < 4.78 is 15.4. The molecule has 0 unspecified atom stereocenters. The average Bonchev–Trinajstić information content (AvgIpc) is 2.53. The number of hydrogen-bond acceptors (Lipinski definition) is 4. The molecule has 0 aliphatic heterocycles. The van der Waals surface area contributed by atoms with Crippen LogP contribution < -0.4 is 9.47 Å². The topological polar surface area (TPSA) is 44.8 Å². The van der Waals surface area contributed by atoms with E-state index in [-0.39, 0.29) is 5.97 Å². The first kappa shape index (κ1) is 13.9. The van der Waals surface area contributed by atoms with Gasteiger partial charge in [0.05, 0.1) is 19.8 Å². The average molecular weight is 272 g/mol. The van der Waals surface area contributed by atoms with Gasteiger partial charge in [-0.3, -0.25) is 0 Å². The molecule has 0 fully saturated rings. The molecule has 2 rings (SSSR count). The van der Waals surface area contributed by atoms with Gasteiger partial charge >= 0.3 is 5.97 Å². The number of esters is 1. The van der Waals surface area contributed by atoms with E-state index in [1.807, 2.05) is 24.3 Å². The number of rotatable bonds is 5. The van der Waals surface area contributed by atoms with Gasteiger partial charge in [0.25, 0.3) is 0 Å². The van der Waals surface area contributed by atoms with Crippen molar-refractivity contribution in [3.63, 3.8) is 0 Å². The number of ether oxygens (including phenoxy) is 3. The SMILES string of the molecule is COC(=O)c1ccc(OCc2ccc(OC)cc2)cc1. The van der Waals surface area contributed by atoms with Crippen molar-refractivity contribution in [1.29, 1.82) is 0 Å². The highest BCUT2D eigenvalue weighted by Crippen LogP contribution is 2.16. The number of methoxy groups -OCH3 is 2. The summed E-state index contributed by atoms with van der Waals surface area (Å²) >= 11 is 0. The predicted molar refractivity (Wildman–Crippen MR) is 75.1 cm³/mol. The summed E-state index contributed by atoms with van der Waals surface area (Å²) in [5.74, 6) is 1.16. The van der Waals surface area contributed by atoms with Crippen LogP contribution in [0.2, 0.25) is 0 Å². The maximum atomic E-state index is 11.3. The van der Waals surface area contributed by atoms with Crippen molar-refractivity contribution >= 4 is 5.97 Å². The minimum atomic E-state index is -0.355. The molecule has 0 atom stereocenters. The summed E-state index contributed by atoms with van der Waals surface area (Å²) in [4.78, 5) is 11.3. The summed E-state index contributed by atoms with van der Waals surface area (Å²) in [6, 6.07) is 14.5. The number of carbonyl (C=O) groups excluding carboxylic acids is 1. The molecule has 0 N–H and O–H groups in total. The van der Waals surface area contributed by atoms with E-state index >= 15 is 0 Å². The third-order valence-electron chi connectivity index (χ3n) is 2.84. The van der Waals surface area contributed by atoms with Gasteiger partial charge in [0.2, 0.25) is 0 Å². The van der Waals surface area contributed by atoms with Crippen molar-refractivity contribution in [1.82, 2.24) is 0 Å². The Morgan fingerprint density at radius 1 is 0.900 bits per heavy atom. The van der Waals surface area contributed by atoms with Crippen molar-refractivity contribution in [2.45, 2.75) is 6.61 Å². The van der Waals surface area contributed by atoms with Gasteiger partial charge < -0.3 is 14.2 Å². The molecule has 0 heterocycles. The van der Waals surface area contributed by atoms with Crippen LogP contribution in [0, 0.1) is 0 Å². The minimum absolute atomic E-state index is 0.355. The van der Waals surface area contributed by atoms with Gasteiger partial charge in [0.1, 0.15) is 18.1 Å². The van der Waals surface area contributed by atoms with Crippen molar-refractivity contribution in [3.05, 3.63) is 59.7 Å². The Hall–Kier alpha value is -2.49. The fourth-order valence-electron chi connectivity index (χ4n) is 1.69. The molecule has 2 aromatic carbocycles. The standard InChI is InChI=1S/C16H16O4/c1-18-14-7-3-12(4-8-14)11-20-15-9-5-13(6-10-15)16(17)19-2/h3-10H,11H2,1-2H3. The quantitative estimate of drug-likeness (QED) is 0.785. The van der Waals surface area contributed by atoms with Crippen molar-refractivity contribution in [2.24, 2.45) is 0 Å². The molecule has 0 amide bonds. The Morgan fingerprint density at radius 2 is 1.50 bits per heavy atom. The molecule has 0 saturated carbocycles. The third kappa shape index (κ3) is 3.51. The molecular formula is C16H16O4. The first-order valence-corrected chi connectivity index (χ1v) is 6.17. The van der Waals surface area contributed by atoms with Crippen LogP contribution in [-0.4, -0.2) is 20.2 Å². The van der Waals surface area contributed by atoms with Gasteiger partial charge in [-0.05, 0) is 42.0 Å². The van der Waals surface area contributed by atoms with Crippen LogP contribution in [0.5, 0.6) is 11.5 Å². The van der Waals surface area contributed by atoms with Crippen LogP contribution in [0.25, 0.3) is 0 Å². The zero-order valence-electron chi connectivity index (χ0n) is 11.5. The largest absolute Gasteiger partial charge is 0.497 e. The molecule has 104 valence electrons. The van der Waals surface area contributed by atoms with Crippen molar-refractivity contribution < 1.29 is 19.0 Å². The second-order valence-electron chi connectivity index (χ2n) is 4.15. The lowest BCUT2D eigenvalue weighted by atomic mass is 10.2. The Kier molecular flexibility index (Phi) is 4.60. The van der Waals surface area contributed by atoms with Crippen LogP contribution in [0.4, 0.5) is 0 Å². The summed E-state index contributed by atoms with van der Waals surface area (Å²) in [6.45, 7) is 0.460. The lowest BCUT2D eigenvalue weighted by Crippen LogP contribution is -2.01. The highest BCUT2D eigenvalue weighted by Gasteiger charge is 2.04. The first-order chi connectivity index (χ1) is 9.72. The molecule has 0 aromatic heterocycles. The van der Waals surface area contributed by atoms with E-state index in [0.717, 1.165) is 11.3 Å². The summed E-state index contributed by atoms with van der Waals surface area (Å²) in [5.41, 5.74) is 1.55. The fourth-order valence-corrected chi connectivity index (χ4v) is 1.69. The zero-order valence-corrected chi connectivity index (χ0v) is 11.5. The monoisotopic (exact) mass is 272 g/mol. The highest BCUT2D eigenvalue weighted by atomic mass is 16.5. The molecular weight excluding hydrogens is 256 g/mol. The van der Waals surface area contributed by atoms with Gasteiger partial charge in [-0.25, -0.2) is 4.79 Å². The maximum absolute atomic E-state index is 11.3. The van der Waals surface area contributed by atoms with Gasteiger partial charge in [-0.15, -0.1) is 0 Å². The van der Waals surface area contributed by atoms with Gasteiger partial charge in [0, 0.05) is 0 Å². The van der Waals surface area contributed by atoms with E-state index in [1.54, 1.807) is 31.4 Å². The first-order valence-electron chi connectivity index (χ1n) is 6.17. The molecule has 0 aliphatic rings. The maximum Gasteiger partial charge on any atom is 0.337 e. The lowest BCUT2D eigenvalue weighted by Gasteiger charge is -2.07. The summed E-state index contributed by atoms with van der Waals surface area (Å²) in [6.07, 6.45) is 0. The van der Waals surface area contributed by atoms with Gasteiger partial charge in [0.15, 0.2) is 0 Å². The molecule has 4 nitrogen and oxygen atoms in total. The zero-order chi connectivity index (χ0) is 14.4. The van der Waals surface area contributed by atoms with E-state index in [4.69, 9.17) is 9.47 Å². The minimum Gasteiger partial charge on any atom is -0.497 e. The smallest absolute Gasteiger partial charge is 0.337 e. The lowest BCUT2D eigenvalue weighted by molar-refractivity contribution is 0.0600. The van der Waals surface area contributed by atoms with E-state index in [9.17, 15) is 4.79 Å². The molecule has 4 heteroatoms. The van der Waals surface area contributed by atoms with E-state index in [1.165, 1.54) is 7.11 Å². The Morgan fingerprint density at radius 3 is 2.05 bits per heavy atom. The van der Waals surface area contributed by atoms with E-state index < -0.39 is 0 Å². The van der Waals surface area contributed by atoms with Crippen LogP contribution in [0.15, 0.2) is 48.5 Å². The molecule has 0 spiro atoms. The summed E-state index contributed by atoms with van der Waals surface area (Å²) in [7, 11) is 2.99. The Labute approximate surface area is 117 Å². The Bertz CT molecular complexity index is 558. The number of hydrogen-bond donors (Lipinski definition) is 0. The van der Waals surface area contributed by atoms with Crippen molar-refractivity contribution in [3.8, 4) is 11.5 Å². The van der Waals surface area contributed by atoms with Gasteiger partial charge in [-0.1, -0.05) is 12.1 Å². The van der Waals surface area contributed by atoms with Crippen LogP contribution in [0.3, 0.4) is 0 Å². The predicted octanol–water partition coefficient (Wildman–Crippen LogP) is 3.06. The molecule has 0 radical (unpaired) electrons. The van der Waals surface area contributed by atoms with E-state index in [0.29, 0.717) is 17.9 Å². The Balaban J connectivity index is 1.94. The second-order valence-corrected chi connectivity index (χ2v) is 4.15. The molecule has 0 saturated heterocycles. The second kappa shape index (κ2) is 6.61. The molecule has 0 bridgehead atoms. The number of benzene rings is 2. The van der Waals surface area contributed by atoms with Crippen LogP contribution in [0.1, 0.15) is 15.9 Å². The fraction of sp³-hybridized carbons (Fsp3) is 0.188. The van der Waals surface area contributed by atoms with Crippen LogP contribution >= 0.6 is 0 Å². The van der Waals surface area contributed by atoms with Crippen molar-refractivity contribution in [2.75, 3.05) is 14.2 Å². The number of carbonyl (C=O) groups is 1. The third-order valence-corrected chi connectivity index (χ3v) is 2.84. The molecule has 2 aromatic rings.